The van der Waals surface area contributed by atoms with Gasteiger partial charge in [-0.3, -0.25) is 0 Å². The van der Waals surface area contributed by atoms with E-state index in [9.17, 15) is 0 Å². The van der Waals surface area contributed by atoms with E-state index >= 15 is 0 Å². The van der Waals surface area contributed by atoms with Gasteiger partial charge >= 0.3 is 0 Å². The molecule has 3 rings (SSSR count). The summed E-state index contributed by atoms with van der Waals surface area (Å²) in [6, 6.07) is 8.60. The standard InChI is InChI=1S/C18H23BrN4/c1-4-11(2)20-18-22-16(13-8-9-13)10-17(23-18)21-15-7-5-6-14(19)12(15)3/h5-7,10-11,13H,4,8-9H2,1-3H3,(H2,20,21,22,23)/t11-/m0/s1. The molecule has 122 valence electrons. The number of hydrogen-bond acceptors (Lipinski definition) is 4. The quantitative estimate of drug-likeness (QED) is 0.712. The van der Waals surface area contributed by atoms with Gasteiger partial charge in [0.05, 0.1) is 5.69 Å². The largest absolute Gasteiger partial charge is 0.352 e. The van der Waals surface area contributed by atoms with E-state index in [-0.39, 0.29) is 0 Å². The lowest BCUT2D eigenvalue weighted by atomic mass is 10.2. The monoisotopic (exact) mass is 374 g/mol. The minimum atomic E-state index is 0.366. The molecule has 1 saturated carbocycles. The summed E-state index contributed by atoms with van der Waals surface area (Å²) in [7, 11) is 0. The van der Waals surface area contributed by atoms with Crippen molar-refractivity contribution in [3.63, 3.8) is 0 Å². The van der Waals surface area contributed by atoms with Crippen LogP contribution in [0.15, 0.2) is 28.7 Å². The Morgan fingerprint density at radius 2 is 2.09 bits per heavy atom. The molecular weight excluding hydrogens is 352 g/mol. The van der Waals surface area contributed by atoms with Gasteiger partial charge in [-0.15, -0.1) is 0 Å². The van der Waals surface area contributed by atoms with Crippen molar-refractivity contribution in [2.45, 2.75) is 52.0 Å². The Morgan fingerprint density at radius 3 is 2.78 bits per heavy atom. The van der Waals surface area contributed by atoms with Gasteiger partial charge in [0.15, 0.2) is 0 Å². The second-order valence-electron chi connectivity index (χ2n) is 6.27. The third kappa shape index (κ3) is 4.02. The lowest BCUT2D eigenvalue weighted by Gasteiger charge is -2.15. The molecule has 2 N–H and O–H groups in total. The number of aromatic nitrogens is 2. The molecule has 2 aromatic rings. The lowest BCUT2D eigenvalue weighted by Crippen LogP contribution is -2.16. The van der Waals surface area contributed by atoms with Gasteiger partial charge in [0.25, 0.3) is 0 Å². The molecule has 23 heavy (non-hydrogen) atoms. The molecule has 1 fully saturated rings. The molecule has 0 unspecified atom stereocenters. The summed E-state index contributed by atoms with van der Waals surface area (Å²) in [5, 5.41) is 6.84. The number of nitrogens with one attached hydrogen (secondary N) is 2. The highest BCUT2D eigenvalue weighted by Gasteiger charge is 2.26. The summed E-state index contributed by atoms with van der Waals surface area (Å²) in [5.41, 5.74) is 3.38. The minimum absolute atomic E-state index is 0.366. The Labute approximate surface area is 146 Å². The number of nitrogens with zero attached hydrogens (tertiary/aromatic N) is 2. The summed E-state index contributed by atoms with van der Waals surface area (Å²) in [6.07, 6.45) is 3.51. The third-order valence-electron chi connectivity index (χ3n) is 4.26. The maximum absolute atomic E-state index is 4.69. The first kappa shape index (κ1) is 16.2. The number of halogens is 1. The molecule has 1 atom stereocenters. The summed E-state index contributed by atoms with van der Waals surface area (Å²) in [4.78, 5) is 9.34. The molecule has 0 bridgehead atoms. The Kier molecular flexibility index (Phi) is 4.85. The van der Waals surface area contributed by atoms with Crippen molar-refractivity contribution in [1.29, 1.82) is 0 Å². The average molecular weight is 375 g/mol. The molecule has 0 aliphatic heterocycles. The van der Waals surface area contributed by atoms with Crippen LogP contribution in [0, 0.1) is 6.92 Å². The van der Waals surface area contributed by atoms with Crippen LogP contribution in [-0.4, -0.2) is 16.0 Å². The Hall–Kier alpha value is -1.62. The van der Waals surface area contributed by atoms with Crippen LogP contribution in [0.4, 0.5) is 17.5 Å². The van der Waals surface area contributed by atoms with E-state index in [0.29, 0.717) is 12.0 Å². The van der Waals surface area contributed by atoms with Crippen LogP contribution in [0.1, 0.15) is 50.3 Å². The van der Waals surface area contributed by atoms with Gasteiger partial charge in [-0.2, -0.15) is 4.98 Å². The third-order valence-corrected chi connectivity index (χ3v) is 5.12. The molecule has 5 heteroatoms. The van der Waals surface area contributed by atoms with Gasteiger partial charge in [-0.05, 0) is 50.8 Å². The smallest absolute Gasteiger partial charge is 0.225 e. The second-order valence-corrected chi connectivity index (χ2v) is 7.12. The first-order chi connectivity index (χ1) is 11.1. The van der Waals surface area contributed by atoms with Gasteiger partial charge in [0.1, 0.15) is 5.82 Å². The van der Waals surface area contributed by atoms with E-state index in [4.69, 9.17) is 4.98 Å². The number of anilines is 3. The van der Waals surface area contributed by atoms with E-state index in [1.54, 1.807) is 0 Å². The fourth-order valence-corrected chi connectivity index (χ4v) is 2.75. The zero-order valence-electron chi connectivity index (χ0n) is 13.9. The number of rotatable bonds is 6. The normalized spacial score (nSPS) is 15.3. The van der Waals surface area contributed by atoms with Gasteiger partial charge in [0.2, 0.25) is 5.95 Å². The van der Waals surface area contributed by atoms with Gasteiger partial charge in [-0.25, -0.2) is 4.98 Å². The van der Waals surface area contributed by atoms with E-state index in [1.165, 1.54) is 18.4 Å². The molecule has 1 aromatic heterocycles. The first-order valence-corrected chi connectivity index (χ1v) is 9.03. The van der Waals surface area contributed by atoms with Crippen LogP contribution in [-0.2, 0) is 0 Å². The van der Waals surface area contributed by atoms with Gasteiger partial charge < -0.3 is 10.6 Å². The average Bonchev–Trinajstić information content (AvgIpc) is 3.36. The van der Waals surface area contributed by atoms with Crippen molar-refractivity contribution in [1.82, 2.24) is 9.97 Å². The van der Waals surface area contributed by atoms with E-state index in [2.05, 4.69) is 64.5 Å². The van der Waals surface area contributed by atoms with Crippen molar-refractivity contribution < 1.29 is 0 Å². The molecule has 1 aliphatic carbocycles. The minimum Gasteiger partial charge on any atom is -0.352 e. The molecule has 1 aromatic carbocycles. The van der Waals surface area contributed by atoms with Crippen LogP contribution >= 0.6 is 15.9 Å². The Bertz CT molecular complexity index is 697. The predicted molar refractivity (Wildman–Crippen MR) is 99.5 cm³/mol. The highest BCUT2D eigenvalue weighted by molar-refractivity contribution is 9.10. The predicted octanol–water partition coefficient (Wildman–Crippen LogP) is 5.38. The summed E-state index contributed by atoms with van der Waals surface area (Å²) in [5.74, 6) is 2.17. The van der Waals surface area contributed by atoms with Crippen molar-refractivity contribution in [3.8, 4) is 0 Å². The maximum Gasteiger partial charge on any atom is 0.225 e. The van der Waals surface area contributed by atoms with Gasteiger partial charge in [-0.1, -0.05) is 28.9 Å². The maximum atomic E-state index is 4.69. The van der Waals surface area contributed by atoms with Crippen LogP contribution in [0.2, 0.25) is 0 Å². The highest BCUT2D eigenvalue weighted by Crippen LogP contribution is 2.40. The van der Waals surface area contributed by atoms with Crippen molar-refractivity contribution in [3.05, 3.63) is 40.0 Å². The van der Waals surface area contributed by atoms with Crippen LogP contribution in [0.3, 0.4) is 0 Å². The molecule has 1 heterocycles. The molecular formula is C18H23BrN4. The molecule has 0 amide bonds. The summed E-state index contributed by atoms with van der Waals surface area (Å²) < 4.78 is 1.09. The fraction of sp³-hybridized carbons (Fsp3) is 0.444. The van der Waals surface area contributed by atoms with Crippen molar-refractivity contribution >= 4 is 33.4 Å². The van der Waals surface area contributed by atoms with Crippen LogP contribution < -0.4 is 10.6 Å². The SMILES string of the molecule is CC[C@H](C)Nc1nc(Nc2cccc(Br)c2C)cc(C2CC2)n1. The van der Waals surface area contributed by atoms with E-state index in [1.807, 2.05) is 12.1 Å². The highest BCUT2D eigenvalue weighted by atomic mass is 79.9. The Morgan fingerprint density at radius 1 is 1.30 bits per heavy atom. The molecule has 0 radical (unpaired) electrons. The van der Waals surface area contributed by atoms with Crippen LogP contribution in [0.5, 0.6) is 0 Å². The topological polar surface area (TPSA) is 49.8 Å². The van der Waals surface area contributed by atoms with E-state index in [0.717, 1.165) is 34.0 Å². The lowest BCUT2D eigenvalue weighted by molar-refractivity contribution is 0.750. The van der Waals surface area contributed by atoms with Crippen molar-refractivity contribution in [2.75, 3.05) is 10.6 Å². The van der Waals surface area contributed by atoms with Crippen molar-refractivity contribution in [2.24, 2.45) is 0 Å². The number of hydrogen-bond donors (Lipinski definition) is 2. The fourth-order valence-electron chi connectivity index (χ4n) is 2.39. The summed E-state index contributed by atoms with van der Waals surface area (Å²) in [6.45, 7) is 6.40. The molecule has 0 spiro atoms. The summed E-state index contributed by atoms with van der Waals surface area (Å²) >= 11 is 3.58. The molecule has 4 nitrogen and oxygen atoms in total. The van der Waals surface area contributed by atoms with E-state index < -0.39 is 0 Å². The zero-order chi connectivity index (χ0) is 16.4. The van der Waals surface area contributed by atoms with Gasteiger partial charge in [0, 0.05) is 28.2 Å². The molecule has 0 saturated heterocycles. The second kappa shape index (κ2) is 6.87. The molecule has 1 aliphatic rings. The number of benzene rings is 1. The first-order valence-electron chi connectivity index (χ1n) is 8.24. The van der Waals surface area contributed by atoms with Crippen LogP contribution in [0.25, 0.3) is 0 Å². The Balaban J connectivity index is 1.89. The zero-order valence-corrected chi connectivity index (χ0v) is 15.4.